The first-order valence-electron chi connectivity index (χ1n) is 11.1. The molecule has 2 aliphatic rings. The van der Waals surface area contributed by atoms with E-state index in [2.05, 4.69) is 96.2 Å². The van der Waals surface area contributed by atoms with Gasteiger partial charge in [-0.05, 0) is 50.7 Å². The molecule has 0 aromatic carbocycles. The number of allylic oxidation sites excluding steroid dienone is 4. The van der Waals surface area contributed by atoms with Gasteiger partial charge in [-0.25, -0.2) is 4.98 Å². The van der Waals surface area contributed by atoms with E-state index in [1.807, 2.05) is 12.1 Å². The van der Waals surface area contributed by atoms with Crippen LogP contribution in [0.25, 0.3) is 0 Å². The van der Waals surface area contributed by atoms with Gasteiger partial charge in [0.2, 0.25) is 0 Å². The van der Waals surface area contributed by atoms with Crippen LogP contribution < -0.4 is 0 Å². The summed E-state index contributed by atoms with van der Waals surface area (Å²) in [4.78, 5) is 15.2. The summed E-state index contributed by atoms with van der Waals surface area (Å²) < 4.78 is 0. The predicted molar refractivity (Wildman–Crippen MR) is 130 cm³/mol. The molecule has 0 aliphatic heterocycles. The van der Waals surface area contributed by atoms with Gasteiger partial charge in [-0.3, -0.25) is 9.98 Å². The Morgan fingerprint density at radius 1 is 0.774 bits per heavy atom. The molecule has 0 bridgehead atoms. The molecule has 1 aromatic rings. The van der Waals surface area contributed by atoms with Crippen molar-refractivity contribution in [2.75, 3.05) is 0 Å². The third-order valence-electron chi connectivity index (χ3n) is 6.40. The third kappa shape index (κ3) is 5.61. The Morgan fingerprint density at radius 3 is 1.52 bits per heavy atom. The van der Waals surface area contributed by atoms with Crippen LogP contribution in [-0.2, 0) is 17.1 Å². The summed E-state index contributed by atoms with van der Waals surface area (Å²) in [6, 6.07) is 6.16. The standard InChI is InChI=1S/C27H35N3.Fe/c1-20(2)26(16-9-7-10-17-26)29-22(5)24-14-13-15-25(28-24)23(6)30-27(21(3)4)18-11-8-12-19-27;/h7-16,18,20-21H,17,19H2,1-6H3;. The molecule has 0 fully saturated rings. The first kappa shape index (κ1) is 25.2. The van der Waals surface area contributed by atoms with Crippen LogP contribution in [0.4, 0.5) is 0 Å². The van der Waals surface area contributed by atoms with Crippen molar-refractivity contribution in [3.8, 4) is 0 Å². The Balaban J connectivity index is 0.00000341. The Bertz CT molecular complexity index is 876. The van der Waals surface area contributed by atoms with Gasteiger partial charge in [0, 0.05) is 17.1 Å². The summed E-state index contributed by atoms with van der Waals surface area (Å²) >= 11 is 0. The predicted octanol–water partition coefficient (Wildman–Crippen LogP) is 6.52. The largest absolute Gasteiger partial charge is 0.276 e. The van der Waals surface area contributed by atoms with Gasteiger partial charge in [-0.15, -0.1) is 0 Å². The summed E-state index contributed by atoms with van der Waals surface area (Å²) in [6.45, 7) is 13.1. The minimum atomic E-state index is -0.194. The van der Waals surface area contributed by atoms with Crippen LogP contribution in [0.5, 0.6) is 0 Å². The van der Waals surface area contributed by atoms with Crippen molar-refractivity contribution in [1.82, 2.24) is 4.98 Å². The molecule has 1 aromatic heterocycles. The number of hydrogen-bond donors (Lipinski definition) is 0. The number of rotatable bonds is 6. The molecule has 2 aliphatic carbocycles. The zero-order valence-corrected chi connectivity index (χ0v) is 20.7. The van der Waals surface area contributed by atoms with Crippen molar-refractivity contribution in [3.63, 3.8) is 0 Å². The van der Waals surface area contributed by atoms with Crippen molar-refractivity contribution >= 4 is 11.4 Å². The van der Waals surface area contributed by atoms with E-state index in [4.69, 9.17) is 15.0 Å². The van der Waals surface area contributed by atoms with Gasteiger partial charge in [0.15, 0.2) is 0 Å². The summed E-state index contributed by atoms with van der Waals surface area (Å²) in [5.74, 6) is 0.828. The molecule has 31 heavy (non-hydrogen) atoms. The fourth-order valence-electron chi connectivity index (χ4n) is 4.11. The fraction of sp³-hybridized carbons (Fsp3) is 0.444. The minimum absolute atomic E-state index is 0. The molecule has 0 saturated carbocycles. The fourth-order valence-corrected chi connectivity index (χ4v) is 4.11. The second-order valence-corrected chi connectivity index (χ2v) is 9.08. The zero-order valence-electron chi connectivity index (χ0n) is 19.6. The van der Waals surface area contributed by atoms with Crippen LogP contribution >= 0.6 is 0 Å². The van der Waals surface area contributed by atoms with E-state index in [1.165, 1.54) is 0 Å². The number of nitrogens with zero attached hydrogens (tertiary/aromatic N) is 3. The van der Waals surface area contributed by atoms with E-state index >= 15 is 0 Å². The van der Waals surface area contributed by atoms with Crippen molar-refractivity contribution in [1.29, 1.82) is 0 Å². The van der Waals surface area contributed by atoms with Crippen LogP contribution in [-0.4, -0.2) is 27.5 Å². The average molecular weight is 457 g/mol. The molecule has 0 saturated heterocycles. The van der Waals surface area contributed by atoms with E-state index in [0.717, 1.165) is 35.7 Å². The van der Waals surface area contributed by atoms with Crippen LogP contribution in [0.3, 0.4) is 0 Å². The van der Waals surface area contributed by atoms with E-state index in [-0.39, 0.29) is 28.1 Å². The van der Waals surface area contributed by atoms with Crippen molar-refractivity contribution in [2.45, 2.75) is 65.5 Å². The molecule has 2 unspecified atom stereocenters. The summed E-state index contributed by atoms with van der Waals surface area (Å²) in [6.07, 6.45) is 19.1. The van der Waals surface area contributed by atoms with Gasteiger partial charge in [-0.1, -0.05) is 82.4 Å². The second kappa shape index (κ2) is 10.5. The van der Waals surface area contributed by atoms with Crippen molar-refractivity contribution in [2.24, 2.45) is 21.8 Å². The van der Waals surface area contributed by atoms with E-state index in [1.54, 1.807) is 0 Å². The van der Waals surface area contributed by atoms with Gasteiger partial charge in [0.25, 0.3) is 0 Å². The summed E-state index contributed by atoms with van der Waals surface area (Å²) in [7, 11) is 0. The van der Waals surface area contributed by atoms with E-state index < -0.39 is 0 Å². The third-order valence-corrected chi connectivity index (χ3v) is 6.40. The Morgan fingerprint density at radius 2 is 1.19 bits per heavy atom. The molecular weight excluding hydrogens is 422 g/mol. The monoisotopic (exact) mass is 457 g/mol. The van der Waals surface area contributed by atoms with E-state index in [9.17, 15) is 0 Å². The van der Waals surface area contributed by atoms with Crippen LogP contribution in [0.1, 0.15) is 65.8 Å². The van der Waals surface area contributed by atoms with Gasteiger partial charge < -0.3 is 0 Å². The van der Waals surface area contributed by atoms with Gasteiger partial charge in [0.1, 0.15) is 0 Å². The average Bonchev–Trinajstić information content (AvgIpc) is 2.75. The van der Waals surface area contributed by atoms with Crippen molar-refractivity contribution in [3.05, 3.63) is 78.2 Å². The van der Waals surface area contributed by atoms with Crippen molar-refractivity contribution < 1.29 is 17.1 Å². The summed E-state index contributed by atoms with van der Waals surface area (Å²) in [5.41, 5.74) is 3.39. The molecule has 0 spiro atoms. The Hall–Kier alpha value is -2.03. The topological polar surface area (TPSA) is 37.6 Å². The van der Waals surface area contributed by atoms with Crippen LogP contribution in [0, 0.1) is 11.8 Å². The molecule has 2 atom stereocenters. The van der Waals surface area contributed by atoms with Gasteiger partial charge in [0.05, 0.1) is 33.9 Å². The second-order valence-electron chi connectivity index (χ2n) is 9.08. The molecule has 0 amide bonds. The van der Waals surface area contributed by atoms with E-state index in [0.29, 0.717) is 11.8 Å². The Labute approximate surface area is 198 Å². The zero-order chi connectivity index (χ0) is 21.8. The smallest absolute Gasteiger partial charge is 0.0851 e. The molecule has 3 nitrogen and oxygen atoms in total. The molecule has 1 heterocycles. The number of pyridine rings is 1. The number of aromatic nitrogens is 1. The Kier molecular flexibility index (Phi) is 8.56. The molecule has 0 radical (unpaired) electrons. The quantitative estimate of drug-likeness (QED) is 0.354. The molecule has 166 valence electrons. The maximum atomic E-state index is 5.15. The van der Waals surface area contributed by atoms with Gasteiger partial charge in [-0.2, -0.15) is 0 Å². The van der Waals surface area contributed by atoms with Crippen LogP contribution in [0.2, 0.25) is 0 Å². The maximum absolute atomic E-state index is 5.15. The van der Waals surface area contributed by atoms with Crippen LogP contribution in [0.15, 0.2) is 76.8 Å². The summed E-state index contributed by atoms with van der Waals surface area (Å²) in [5, 5.41) is 0. The normalized spacial score (nSPS) is 25.9. The first-order chi connectivity index (χ1) is 14.3. The molecule has 4 heteroatoms. The number of hydrogen-bond acceptors (Lipinski definition) is 3. The first-order valence-corrected chi connectivity index (χ1v) is 11.1. The number of aliphatic imine (C=N–C) groups is 2. The minimum Gasteiger partial charge on any atom is -0.276 e. The molecule has 3 rings (SSSR count). The molecule has 0 N–H and O–H groups in total. The molecular formula is C27H35FeN3. The van der Waals surface area contributed by atoms with Gasteiger partial charge >= 0.3 is 0 Å². The maximum Gasteiger partial charge on any atom is 0.0851 e. The SMILES string of the molecule is CC(=NC1(C(C)C)C=CC=CC1)c1cccc(C(C)=NC2(C(C)C)C=CC=CC2)n1.[Fe].